The maximum Gasteiger partial charge on any atom is 0.409 e. The van der Waals surface area contributed by atoms with Crippen LogP contribution in [-0.2, 0) is 9.53 Å². The summed E-state index contributed by atoms with van der Waals surface area (Å²) in [6.45, 7) is 8.09. The third kappa shape index (κ3) is 5.94. The van der Waals surface area contributed by atoms with Gasteiger partial charge >= 0.3 is 6.09 Å². The number of nitrogens with zero attached hydrogens (tertiary/aromatic N) is 2. The minimum absolute atomic E-state index is 0.0417. The zero-order valence-electron chi connectivity index (χ0n) is 15.0. The molecule has 1 aromatic carbocycles. The van der Waals surface area contributed by atoms with E-state index in [1.54, 1.807) is 11.8 Å². The Morgan fingerprint density at radius 1 is 1.08 bits per heavy atom. The van der Waals surface area contributed by atoms with Crippen LogP contribution in [0, 0.1) is 0 Å². The van der Waals surface area contributed by atoms with Crippen LogP contribution in [0.15, 0.2) is 24.3 Å². The Bertz CT molecular complexity index is 571. The maximum atomic E-state index is 12.2. The van der Waals surface area contributed by atoms with Crippen molar-refractivity contribution in [1.29, 1.82) is 0 Å². The van der Waals surface area contributed by atoms with Crippen LogP contribution in [0.4, 0.5) is 10.5 Å². The standard InChI is InChI=1S/C18H27N3O4/c1-3-24-16-8-6-5-7-15(16)19-17(22)9-10-20-11-13-21(14-12-20)18(23)25-4-2/h5-8H,3-4,9-14H2,1-2H3,(H,19,22). The van der Waals surface area contributed by atoms with Crippen LogP contribution >= 0.6 is 0 Å². The van der Waals surface area contributed by atoms with Crippen molar-refractivity contribution in [3.63, 3.8) is 0 Å². The van der Waals surface area contributed by atoms with E-state index in [0.29, 0.717) is 50.7 Å². The molecule has 1 aliphatic heterocycles. The minimum Gasteiger partial charge on any atom is -0.492 e. The lowest BCUT2D eigenvalue weighted by atomic mass is 10.2. The molecular formula is C18H27N3O4. The predicted molar refractivity (Wildman–Crippen MR) is 95.9 cm³/mol. The van der Waals surface area contributed by atoms with E-state index in [0.717, 1.165) is 13.1 Å². The first-order chi connectivity index (χ1) is 12.1. The van der Waals surface area contributed by atoms with Crippen molar-refractivity contribution < 1.29 is 19.1 Å². The van der Waals surface area contributed by atoms with Gasteiger partial charge in [-0.25, -0.2) is 4.79 Å². The number of nitrogens with one attached hydrogen (secondary N) is 1. The zero-order valence-corrected chi connectivity index (χ0v) is 15.0. The molecule has 1 N–H and O–H groups in total. The average Bonchev–Trinajstić information content (AvgIpc) is 2.62. The number of rotatable bonds is 7. The Hall–Kier alpha value is -2.28. The largest absolute Gasteiger partial charge is 0.492 e. The molecule has 1 fully saturated rings. The second kappa shape index (κ2) is 9.88. The summed E-state index contributed by atoms with van der Waals surface area (Å²) in [5.74, 6) is 0.640. The lowest BCUT2D eigenvalue weighted by Crippen LogP contribution is -2.49. The molecule has 0 aliphatic carbocycles. The monoisotopic (exact) mass is 349 g/mol. The number of hydrogen-bond donors (Lipinski definition) is 1. The molecule has 0 aromatic heterocycles. The summed E-state index contributed by atoms with van der Waals surface area (Å²) in [6, 6.07) is 7.42. The second-order valence-electron chi connectivity index (χ2n) is 5.75. The van der Waals surface area contributed by atoms with Gasteiger partial charge in [-0.05, 0) is 26.0 Å². The van der Waals surface area contributed by atoms with Crippen LogP contribution in [0.2, 0.25) is 0 Å². The van der Waals surface area contributed by atoms with Gasteiger partial charge < -0.3 is 19.7 Å². The SMILES string of the molecule is CCOC(=O)N1CCN(CCC(=O)Nc2ccccc2OCC)CC1. The molecule has 138 valence electrons. The molecule has 2 amide bonds. The van der Waals surface area contributed by atoms with Gasteiger partial charge in [-0.15, -0.1) is 0 Å². The fourth-order valence-corrected chi connectivity index (χ4v) is 2.69. The summed E-state index contributed by atoms with van der Waals surface area (Å²) in [5.41, 5.74) is 0.696. The van der Waals surface area contributed by atoms with E-state index in [9.17, 15) is 9.59 Å². The Kier molecular flexibility index (Phi) is 7.53. The van der Waals surface area contributed by atoms with Crippen molar-refractivity contribution in [3.8, 4) is 5.75 Å². The molecule has 0 spiro atoms. The number of carbonyl (C=O) groups excluding carboxylic acids is 2. The van der Waals surface area contributed by atoms with Gasteiger partial charge in [-0.3, -0.25) is 9.69 Å². The number of benzene rings is 1. The molecule has 0 unspecified atom stereocenters. The summed E-state index contributed by atoms with van der Waals surface area (Å²) in [4.78, 5) is 27.8. The maximum absolute atomic E-state index is 12.2. The molecule has 0 bridgehead atoms. The van der Waals surface area contributed by atoms with E-state index in [1.165, 1.54) is 0 Å². The van der Waals surface area contributed by atoms with E-state index >= 15 is 0 Å². The number of amides is 2. The van der Waals surface area contributed by atoms with E-state index in [2.05, 4.69) is 10.2 Å². The molecule has 7 nitrogen and oxygen atoms in total. The summed E-state index contributed by atoms with van der Waals surface area (Å²) >= 11 is 0. The van der Waals surface area contributed by atoms with E-state index < -0.39 is 0 Å². The number of ether oxygens (including phenoxy) is 2. The molecule has 1 aliphatic rings. The third-order valence-electron chi connectivity index (χ3n) is 4.01. The molecule has 7 heteroatoms. The predicted octanol–water partition coefficient (Wildman–Crippen LogP) is 2.19. The summed E-state index contributed by atoms with van der Waals surface area (Å²) in [6.07, 6.45) is 0.146. The first kappa shape index (κ1) is 19.1. The van der Waals surface area contributed by atoms with Gasteiger partial charge in [0.05, 0.1) is 18.9 Å². The Morgan fingerprint density at radius 3 is 2.48 bits per heavy atom. The Balaban J connectivity index is 1.73. The number of hydrogen-bond acceptors (Lipinski definition) is 5. The topological polar surface area (TPSA) is 71.1 Å². The smallest absolute Gasteiger partial charge is 0.409 e. The highest BCUT2D eigenvalue weighted by Gasteiger charge is 2.22. The fraction of sp³-hybridized carbons (Fsp3) is 0.556. The van der Waals surface area contributed by atoms with E-state index in [1.807, 2.05) is 31.2 Å². The summed E-state index contributed by atoms with van der Waals surface area (Å²) in [7, 11) is 0. The lowest BCUT2D eigenvalue weighted by molar-refractivity contribution is -0.116. The van der Waals surface area contributed by atoms with Gasteiger partial charge in [-0.1, -0.05) is 12.1 Å². The number of anilines is 1. The second-order valence-corrected chi connectivity index (χ2v) is 5.75. The van der Waals surface area contributed by atoms with Crippen molar-refractivity contribution >= 4 is 17.7 Å². The molecule has 1 heterocycles. The van der Waals surface area contributed by atoms with Crippen LogP contribution in [0.5, 0.6) is 5.75 Å². The highest BCUT2D eigenvalue weighted by atomic mass is 16.6. The van der Waals surface area contributed by atoms with Gasteiger partial charge in [-0.2, -0.15) is 0 Å². The van der Waals surface area contributed by atoms with Gasteiger partial charge in [0.15, 0.2) is 0 Å². The van der Waals surface area contributed by atoms with Gasteiger partial charge in [0, 0.05) is 39.1 Å². The fourth-order valence-electron chi connectivity index (χ4n) is 2.69. The van der Waals surface area contributed by atoms with Crippen molar-refractivity contribution in [2.45, 2.75) is 20.3 Å². The molecular weight excluding hydrogens is 322 g/mol. The van der Waals surface area contributed by atoms with Gasteiger partial charge in [0.2, 0.25) is 5.91 Å². The number of para-hydroxylation sites is 2. The molecule has 0 saturated carbocycles. The van der Waals surface area contributed by atoms with Gasteiger partial charge in [0.25, 0.3) is 0 Å². The normalized spacial score (nSPS) is 14.9. The van der Waals surface area contributed by atoms with Crippen LogP contribution in [0.1, 0.15) is 20.3 Å². The van der Waals surface area contributed by atoms with Crippen molar-refractivity contribution in [1.82, 2.24) is 9.80 Å². The van der Waals surface area contributed by atoms with Crippen LogP contribution in [0.3, 0.4) is 0 Å². The number of piperazine rings is 1. The van der Waals surface area contributed by atoms with E-state index in [-0.39, 0.29) is 12.0 Å². The molecule has 1 aromatic rings. The van der Waals surface area contributed by atoms with Crippen LogP contribution in [0.25, 0.3) is 0 Å². The summed E-state index contributed by atoms with van der Waals surface area (Å²) in [5, 5.41) is 2.90. The van der Waals surface area contributed by atoms with E-state index in [4.69, 9.17) is 9.47 Å². The van der Waals surface area contributed by atoms with Crippen molar-refractivity contribution in [3.05, 3.63) is 24.3 Å². The molecule has 25 heavy (non-hydrogen) atoms. The molecule has 0 radical (unpaired) electrons. The summed E-state index contributed by atoms with van der Waals surface area (Å²) < 4.78 is 10.5. The Labute approximate surface area is 148 Å². The molecule has 0 atom stereocenters. The average molecular weight is 349 g/mol. The highest BCUT2D eigenvalue weighted by molar-refractivity contribution is 5.92. The van der Waals surface area contributed by atoms with Crippen molar-refractivity contribution in [2.75, 3.05) is 51.3 Å². The molecule has 1 saturated heterocycles. The van der Waals surface area contributed by atoms with Gasteiger partial charge in [0.1, 0.15) is 5.75 Å². The van der Waals surface area contributed by atoms with Crippen LogP contribution in [-0.4, -0.2) is 67.7 Å². The first-order valence-electron chi connectivity index (χ1n) is 8.79. The van der Waals surface area contributed by atoms with Crippen molar-refractivity contribution in [2.24, 2.45) is 0 Å². The lowest BCUT2D eigenvalue weighted by Gasteiger charge is -2.33. The highest BCUT2D eigenvalue weighted by Crippen LogP contribution is 2.23. The molecule has 2 rings (SSSR count). The first-order valence-corrected chi connectivity index (χ1v) is 8.79. The zero-order chi connectivity index (χ0) is 18.1. The number of carbonyl (C=O) groups is 2. The minimum atomic E-state index is -0.257. The Morgan fingerprint density at radius 2 is 1.80 bits per heavy atom. The quantitative estimate of drug-likeness (QED) is 0.817. The van der Waals surface area contributed by atoms with Crippen LogP contribution < -0.4 is 10.1 Å². The third-order valence-corrected chi connectivity index (χ3v) is 4.01.